The zero-order chi connectivity index (χ0) is 11.4. The minimum Gasteiger partial charge on any atom is -0.351 e. The van der Waals surface area contributed by atoms with E-state index in [0.717, 1.165) is 0 Å². The van der Waals surface area contributed by atoms with Crippen molar-refractivity contribution in [2.45, 2.75) is 0 Å². The summed E-state index contributed by atoms with van der Waals surface area (Å²) < 4.78 is 0.686. The van der Waals surface area contributed by atoms with E-state index in [2.05, 4.69) is 26.6 Å². The first-order valence-corrected chi connectivity index (χ1v) is 5.03. The molecule has 0 unspecified atom stereocenters. The lowest BCUT2D eigenvalue weighted by Crippen LogP contribution is -2.38. The van der Waals surface area contributed by atoms with Crippen LogP contribution >= 0.6 is 27.5 Å². The SMILES string of the molecule is N=C(NC(N)=O)Nc1ccc(Cl)cc1Br. The number of nitrogens with one attached hydrogen (secondary N) is 3. The maximum Gasteiger partial charge on any atom is 0.318 e. The van der Waals surface area contributed by atoms with Crippen LogP contribution < -0.4 is 16.4 Å². The van der Waals surface area contributed by atoms with Gasteiger partial charge in [0.2, 0.25) is 5.96 Å². The predicted octanol–water partition coefficient (Wildman–Crippen LogP) is 2.12. The van der Waals surface area contributed by atoms with Crippen LogP contribution in [-0.2, 0) is 0 Å². The predicted molar refractivity (Wildman–Crippen MR) is 63.2 cm³/mol. The van der Waals surface area contributed by atoms with Gasteiger partial charge in [0.05, 0.1) is 5.69 Å². The summed E-state index contributed by atoms with van der Waals surface area (Å²) in [5.74, 6) is -0.203. The van der Waals surface area contributed by atoms with Gasteiger partial charge in [0.1, 0.15) is 0 Å². The van der Waals surface area contributed by atoms with Gasteiger partial charge in [-0.3, -0.25) is 10.7 Å². The zero-order valence-electron chi connectivity index (χ0n) is 7.47. The number of anilines is 1. The second-order valence-electron chi connectivity index (χ2n) is 2.61. The van der Waals surface area contributed by atoms with Crippen LogP contribution in [0.1, 0.15) is 0 Å². The van der Waals surface area contributed by atoms with Crippen molar-refractivity contribution in [1.82, 2.24) is 5.32 Å². The Kier molecular flexibility index (Phi) is 3.93. The number of primary amides is 1. The summed E-state index contributed by atoms with van der Waals surface area (Å²) in [6.45, 7) is 0. The lowest BCUT2D eigenvalue weighted by atomic mass is 10.3. The normalized spacial score (nSPS) is 9.47. The number of hydrogen-bond donors (Lipinski definition) is 4. The number of benzene rings is 1. The van der Waals surface area contributed by atoms with E-state index < -0.39 is 6.03 Å². The van der Waals surface area contributed by atoms with Gasteiger partial charge in [-0.2, -0.15) is 0 Å². The maximum absolute atomic E-state index is 10.4. The van der Waals surface area contributed by atoms with Crippen LogP contribution in [0.5, 0.6) is 0 Å². The van der Waals surface area contributed by atoms with E-state index in [9.17, 15) is 4.79 Å². The highest BCUT2D eigenvalue weighted by molar-refractivity contribution is 9.10. The Hall–Kier alpha value is -1.27. The van der Waals surface area contributed by atoms with E-state index in [4.69, 9.17) is 22.7 Å². The molecule has 0 heterocycles. The average Bonchev–Trinajstić information content (AvgIpc) is 2.08. The van der Waals surface area contributed by atoms with Crippen molar-refractivity contribution >= 4 is 45.2 Å². The van der Waals surface area contributed by atoms with Crippen LogP contribution in [0, 0.1) is 5.41 Å². The van der Waals surface area contributed by atoms with E-state index in [1.165, 1.54) is 0 Å². The van der Waals surface area contributed by atoms with E-state index in [-0.39, 0.29) is 5.96 Å². The molecule has 1 aromatic rings. The number of rotatable bonds is 1. The van der Waals surface area contributed by atoms with Gasteiger partial charge >= 0.3 is 6.03 Å². The molecule has 0 saturated heterocycles. The Balaban J connectivity index is 2.72. The first-order valence-electron chi connectivity index (χ1n) is 3.86. The summed E-state index contributed by atoms with van der Waals surface area (Å²) in [4.78, 5) is 10.4. The van der Waals surface area contributed by atoms with E-state index in [1.54, 1.807) is 18.2 Å². The first kappa shape index (κ1) is 11.8. The fourth-order valence-corrected chi connectivity index (χ4v) is 1.66. The molecule has 0 spiro atoms. The van der Waals surface area contributed by atoms with Gasteiger partial charge in [-0.05, 0) is 34.1 Å². The number of nitrogens with two attached hydrogens (primary N) is 1. The minimum atomic E-state index is -0.794. The Morgan fingerprint density at radius 2 is 2.20 bits per heavy atom. The fraction of sp³-hybridized carbons (Fsp3) is 0. The van der Waals surface area contributed by atoms with Crippen LogP contribution in [0.4, 0.5) is 10.5 Å². The Bertz CT molecular complexity index is 410. The Labute approximate surface area is 99.6 Å². The molecule has 0 saturated carbocycles. The summed E-state index contributed by atoms with van der Waals surface area (Å²) in [6.07, 6.45) is 0. The molecule has 7 heteroatoms. The van der Waals surface area contributed by atoms with Crippen LogP contribution in [0.25, 0.3) is 0 Å². The van der Waals surface area contributed by atoms with Gasteiger partial charge in [-0.1, -0.05) is 11.6 Å². The summed E-state index contributed by atoms with van der Waals surface area (Å²) in [7, 11) is 0. The highest BCUT2D eigenvalue weighted by atomic mass is 79.9. The molecule has 0 fully saturated rings. The van der Waals surface area contributed by atoms with Crippen molar-refractivity contribution in [2.75, 3.05) is 5.32 Å². The highest BCUT2D eigenvalue weighted by Gasteiger charge is 2.04. The third-order valence-electron chi connectivity index (χ3n) is 1.44. The molecule has 0 aliphatic rings. The lowest BCUT2D eigenvalue weighted by molar-refractivity contribution is 0.253. The molecule has 0 atom stereocenters. The number of urea groups is 1. The Morgan fingerprint density at radius 1 is 1.53 bits per heavy atom. The largest absolute Gasteiger partial charge is 0.351 e. The molecule has 5 N–H and O–H groups in total. The van der Waals surface area contributed by atoms with Gasteiger partial charge in [-0.15, -0.1) is 0 Å². The minimum absolute atomic E-state index is 0.203. The van der Waals surface area contributed by atoms with Crippen molar-refractivity contribution in [3.63, 3.8) is 0 Å². The van der Waals surface area contributed by atoms with Crippen LogP contribution in [-0.4, -0.2) is 12.0 Å². The van der Waals surface area contributed by atoms with E-state index >= 15 is 0 Å². The molecule has 0 aliphatic carbocycles. The van der Waals surface area contributed by atoms with Crippen LogP contribution in [0.15, 0.2) is 22.7 Å². The van der Waals surface area contributed by atoms with Crippen molar-refractivity contribution in [3.05, 3.63) is 27.7 Å². The van der Waals surface area contributed by atoms with Crippen LogP contribution in [0.3, 0.4) is 0 Å². The van der Waals surface area contributed by atoms with Crippen LogP contribution in [0.2, 0.25) is 5.02 Å². The number of amides is 2. The number of carbonyl (C=O) groups is 1. The number of carbonyl (C=O) groups excluding carboxylic acids is 1. The quantitative estimate of drug-likeness (QED) is 0.471. The third-order valence-corrected chi connectivity index (χ3v) is 2.33. The average molecular weight is 292 g/mol. The highest BCUT2D eigenvalue weighted by Crippen LogP contribution is 2.25. The lowest BCUT2D eigenvalue weighted by Gasteiger charge is -2.09. The molecule has 0 aromatic heterocycles. The molecule has 2 amide bonds. The summed E-state index contributed by atoms with van der Waals surface area (Å²) in [6, 6.07) is 4.20. The molecule has 0 aliphatic heterocycles. The molecule has 5 nitrogen and oxygen atoms in total. The van der Waals surface area contributed by atoms with Gasteiger partial charge in [-0.25, -0.2) is 4.79 Å². The van der Waals surface area contributed by atoms with Gasteiger partial charge in [0.15, 0.2) is 0 Å². The molecule has 0 bridgehead atoms. The topological polar surface area (TPSA) is 91.0 Å². The van der Waals surface area contributed by atoms with E-state index in [0.29, 0.717) is 15.2 Å². The molecule has 15 heavy (non-hydrogen) atoms. The van der Waals surface area contributed by atoms with Gasteiger partial charge < -0.3 is 11.1 Å². The molecule has 1 rings (SSSR count). The smallest absolute Gasteiger partial charge is 0.318 e. The van der Waals surface area contributed by atoms with Crippen molar-refractivity contribution in [1.29, 1.82) is 5.41 Å². The fourth-order valence-electron chi connectivity index (χ4n) is 0.880. The van der Waals surface area contributed by atoms with Crippen molar-refractivity contribution < 1.29 is 4.79 Å². The van der Waals surface area contributed by atoms with Gasteiger partial charge in [0, 0.05) is 9.50 Å². The Morgan fingerprint density at radius 3 is 2.73 bits per heavy atom. The van der Waals surface area contributed by atoms with Crippen molar-refractivity contribution in [3.8, 4) is 0 Å². The molecule has 0 radical (unpaired) electrons. The summed E-state index contributed by atoms with van der Waals surface area (Å²) >= 11 is 8.99. The monoisotopic (exact) mass is 290 g/mol. The first-order chi connectivity index (χ1) is 6.99. The summed E-state index contributed by atoms with van der Waals surface area (Å²) in [5, 5.41) is 12.6. The molecule has 1 aromatic carbocycles. The molecular formula is C8H8BrClN4O. The molecule has 80 valence electrons. The second-order valence-corrected chi connectivity index (χ2v) is 3.90. The second kappa shape index (κ2) is 4.99. The zero-order valence-corrected chi connectivity index (χ0v) is 9.82. The van der Waals surface area contributed by atoms with E-state index in [1.807, 2.05) is 0 Å². The van der Waals surface area contributed by atoms with Crippen molar-refractivity contribution in [2.24, 2.45) is 5.73 Å². The maximum atomic E-state index is 10.4. The standard InChI is InChI=1S/C8H8BrClN4O/c9-5-3-4(10)1-2-6(5)13-7(11)14-8(12)15/h1-3H,(H5,11,12,13,14,15). The summed E-state index contributed by atoms with van der Waals surface area (Å²) in [5.41, 5.74) is 5.45. The number of guanidine groups is 1. The third kappa shape index (κ3) is 3.77. The number of hydrogen-bond acceptors (Lipinski definition) is 2. The number of halogens is 2. The van der Waals surface area contributed by atoms with Gasteiger partial charge in [0.25, 0.3) is 0 Å². The molecular weight excluding hydrogens is 283 g/mol.